The van der Waals surface area contributed by atoms with Gasteiger partial charge >= 0.3 is 5.69 Å². The highest BCUT2D eigenvalue weighted by Crippen LogP contribution is 2.67. The van der Waals surface area contributed by atoms with E-state index in [1.807, 2.05) is 38.4 Å². The monoisotopic (exact) mass is 690 g/mol. The van der Waals surface area contributed by atoms with Gasteiger partial charge in [0.15, 0.2) is 5.60 Å². The molecule has 1 fully saturated rings. The van der Waals surface area contributed by atoms with Crippen molar-refractivity contribution in [2.24, 2.45) is 24.9 Å². The van der Waals surface area contributed by atoms with Gasteiger partial charge in [-0.1, -0.05) is 82.3 Å². The Morgan fingerprint density at radius 1 is 0.692 bits per heavy atom. The van der Waals surface area contributed by atoms with Crippen LogP contribution in [0.5, 0.6) is 17.2 Å². The summed E-state index contributed by atoms with van der Waals surface area (Å²) < 4.78 is 22.3. The first kappa shape index (κ1) is 32.7. The molecule has 0 N–H and O–H groups in total. The quantitative estimate of drug-likeness (QED) is 0.185. The van der Waals surface area contributed by atoms with E-state index in [0.717, 1.165) is 75.0 Å². The molecule has 264 valence electrons. The van der Waals surface area contributed by atoms with E-state index in [1.165, 1.54) is 22.3 Å². The first-order valence-electron chi connectivity index (χ1n) is 18.3. The number of benzene rings is 5. The van der Waals surface area contributed by atoms with Crippen LogP contribution in [0.15, 0.2) is 95.8 Å². The maximum atomic E-state index is 13.4. The zero-order chi connectivity index (χ0) is 36.4. The third-order valence-electron chi connectivity index (χ3n) is 12.2. The topological polar surface area (TPSA) is 54.6 Å². The van der Waals surface area contributed by atoms with Crippen molar-refractivity contribution in [1.82, 2.24) is 9.13 Å². The summed E-state index contributed by atoms with van der Waals surface area (Å²) in [5.74, 6) is 2.41. The molecular weight excluding hydrogens is 645 g/mol. The highest BCUT2D eigenvalue weighted by atomic mass is 16.5. The van der Waals surface area contributed by atoms with E-state index in [4.69, 9.17) is 14.2 Å². The molecule has 0 atom stereocenters. The van der Waals surface area contributed by atoms with Crippen molar-refractivity contribution in [3.05, 3.63) is 129 Å². The molecule has 1 aromatic heterocycles. The molecule has 0 bridgehead atoms. The van der Waals surface area contributed by atoms with Crippen molar-refractivity contribution in [3.63, 3.8) is 0 Å². The van der Waals surface area contributed by atoms with Crippen molar-refractivity contribution in [2.75, 3.05) is 14.2 Å². The van der Waals surface area contributed by atoms with Crippen LogP contribution in [0.4, 0.5) is 0 Å². The molecule has 3 aliphatic rings. The molecule has 2 heterocycles. The lowest BCUT2D eigenvalue weighted by atomic mass is 9.52. The summed E-state index contributed by atoms with van der Waals surface area (Å²) in [6.45, 7) is 9.77. The van der Waals surface area contributed by atoms with E-state index in [-0.39, 0.29) is 21.9 Å². The van der Waals surface area contributed by atoms with Crippen molar-refractivity contribution in [3.8, 4) is 28.4 Å². The van der Waals surface area contributed by atoms with Crippen molar-refractivity contribution in [2.45, 2.75) is 58.0 Å². The first-order valence-corrected chi connectivity index (χ1v) is 18.3. The number of hydrogen-bond donors (Lipinski definition) is 0. The van der Waals surface area contributed by atoms with Gasteiger partial charge in [0.25, 0.3) is 0 Å². The number of aryl methyl sites for hydroxylation is 2. The van der Waals surface area contributed by atoms with Crippen LogP contribution in [0, 0.1) is 10.8 Å². The molecule has 6 aromatic rings. The van der Waals surface area contributed by atoms with E-state index < -0.39 is 5.60 Å². The fraction of sp³-hybridized carbons (Fsp3) is 0.326. The standard InChI is InChI=1S/C46H46N2O4/c1-43(2)25-44(3,4)27-45(26-43)36-12-10-9-11-32(36)39-34-23-37-38(48(6)42(49)47(37)5)24-35(34)41-33(40(39)45)21-22-46(52-41,28-13-17-30(50-7)18-14-28)29-15-19-31(51-8)20-16-29/h9-24H,25-27H2,1-8H3. The second kappa shape index (κ2) is 10.9. The fourth-order valence-corrected chi connectivity index (χ4v) is 10.8. The van der Waals surface area contributed by atoms with E-state index in [1.54, 1.807) is 23.4 Å². The molecule has 0 amide bonds. The van der Waals surface area contributed by atoms with Crippen LogP contribution in [0.25, 0.3) is 39.0 Å². The highest BCUT2D eigenvalue weighted by Gasteiger charge is 2.55. The summed E-state index contributed by atoms with van der Waals surface area (Å²) in [6, 6.07) is 29.8. The third kappa shape index (κ3) is 4.45. The predicted octanol–water partition coefficient (Wildman–Crippen LogP) is 9.90. The second-order valence-electron chi connectivity index (χ2n) is 16.9. The van der Waals surface area contributed by atoms with Crippen LogP contribution >= 0.6 is 0 Å². The predicted molar refractivity (Wildman–Crippen MR) is 210 cm³/mol. The van der Waals surface area contributed by atoms with Gasteiger partial charge in [0.2, 0.25) is 0 Å². The number of imidazole rings is 1. The molecular formula is C46H46N2O4. The first-order chi connectivity index (χ1) is 24.8. The molecule has 0 saturated heterocycles. The average Bonchev–Trinajstić information content (AvgIpc) is 3.51. The Balaban J connectivity index is 1.43. The van der Waals surface area contributed by atoms with Crippen LogP contribution in [0.3, 0.4) is 0 Å². The van der Waals surface area contributed by atoms with Gasteiger partial charge in [-0.2, -0.15) is 0 Å². The number of aromatic nitrogens is 2. The number of hydrogen-bond acceptors (Lipinski definition) is 4. The SMILES string of the molecule is COc1ccc(C2(c3ccc(OC)cc3)C=Cc3c4c(c5cc6c(cc5c3O2)n(C)c(=O)n6C)-c2ccccc2C42CC(C)(C)CC(C)(C)C2)cc1. The summed E-state index contributed by atoms with van der Waals surface area (Å²) in [5, 5.41) is 2.11. The maximum Gasteiger partial charge on any atom is 0.328 e. The molecule has 52 heavy (non-hydrogen) atoms. The van der Waals surface area contributed by atoms with Crippen LogP contribution in [-0.4, -0.2) is 23.4 Å². The summed E-state index contributed by atoms with van der Waals surface area (Å²) >= 11 is 0. The Morgan fingerprint density at radius 2 is 1.23 bits per heavy atom. The molecule has 1 aliphatic heterocycles. The largest absolute Gasteiger partial charge is 0.497 e. The van der Waals surface area contributed by atoms with Gasteiger partial charge < -0.3 is 14.2 Å². The normalized spacial score (nSPS) is 18.5. The molecule has 6 heteroatoms. The molecule has 1 saturated carbocycles. The molecule has 6 nitrogen and oxygen atoms in total. The molecule has 0 radical (unpaired) electrons. The molecule has 5 aromatic carbocycles. The smallest absolute Gasteiger partial charge is 0.328 e. The minimum atomic E-state index is -0.950. The Hall–Kier alpha value is -5.23. The Morgan fingerprint density at radius 3 is 1.79 bits per heavy atom. The van der Waals surface area contributed by atoms with Gasteiger partial charge in [-0.15, -0.1) is 0 Å². The van der Waals surface area contributed by atoms with Crippen LogP contribution < -0.4 is 19.9 Å². The van der Waals surface area contributed by atoms with E-state index in [9.17, 15) is 4.79 Å². The van der Waals surface area contributed by atoms with E-state index in [0.29, 0.717) is 0 Å². The minimum Gasteiger partial charge on any atom is -0.497 e. The lowest BCUT2D eigenvalue weighted by Crippen LogP contribution is -2.44. The number of nitrogens with zero attached hydrogens (tertiary/aromatic N) is 2. The van der Waals surface area contributed by atoms with Crippen molar-refractivity contribution in [1.29, 1.82) is 0 Å². The van der Waals surface area contributed by atoms with Crippen LogP contribution in [0.2, 0.25) is 0 Å². The minimum absolute atomic E-state index is 0.0462. The molecule has 9 rings (SSSR count). The third-order valence-corrected chi connectivity index (χ3v) is 12.2. The van der Waals surface area contributed by atoms with Crippen molar-refractivity contribution < 1.29 is 14.2 Å². The summed E-state index contributed by atoms with van der Waals surface area (Å²) in [4.78, 5) is 13.4. The van der Waals surface area contributed by atoms with Crippen molar-refractivity contribution >= 4 is 27.9 Å². The van der Waals surface area contributed by atoms with Crippen LogP contribution in [-0.2, 0) is 25.1 Å². The zero-order valence-electron chi connectivity index (χ0n) is 31.4. The number of methoxy groups -OCH3 is 2. The second-order valence-corrected chi connectivity index (χ2v) is 16.9. The highest BCUT2D eigenvalue weighted by molar-refractivity contribution is 6.12. The van der Waals surface area contributed by atoms with Crippen LogP contribution in [0.1, 0.15) is 74.8 Å². The molecule has 2 aliphatic carbocycles. The maximum absolute atomic E-state index is 13.4. The van der Waals surface area contributed by atoms with Gasteiger partial charge in [0, 0.05) is 41.6 Å². The summed E-state index contributed by atoms with van der Waals surface area (Å²) in [6.07, 6.45) is 7.81. The number of fused-ring (bicyclic) bond motifs is 11. The zero-order valence-corrected chi connectivity index (χ0v) is 31.4. The molecule has 0 unspecified atom stereocenters. The Bertz CT molecular complexity index is 2470. The van der Waals surface area contributed by atoms with E-state index >= 15 is 0 Å². The average molecular weight is 691 g/mol. The van der Waals surface area contributed by atoms with Gasteiger partial charge in [-0.3, -0.25) is 9.13 Å². The van der Waals surface area contributed by atoms with E-state index in [2.05, 4.69) is 101 Å². The number of rotatable bonds is 4. The lowest BCUT2D eigenvalue weighted by molar-refractivity contribution is 0.0642. The van der Waals surface area contributed by atoms with Gasteiger partial charge in [-0.25, -0.2) is 4.79 Å². The van der Waals surface area contributed by atoms with Gasteiger partial charge in [-0.05, 0) is 100 Å². The Kier molecular flexibility index (Phi) is 6.84. The molecule has 1 spiro atoms. The number of ether oxygens (including phenoxy) is 3. The van der Waals surface area contributed by atoms with Gasteiger partial charge in [0.05, 0.1) is 25.3 Å². The Labute approximate surface area is 305 Å². The summed E-state index contributed by atoms with van der Waals surface area (Å²) in [5.41, 5.74) is 9.20. The lowest BCUT2D eigenvalue weighted by Gasteiger charge is -2.52. The summed E-state index contributed by atoms with van der Waals surface area (Å²) in [7, 11) is 7.10. The fourth-order valence-electron chi connectivity index (χ4n) is 10.8. The van der Waals surface area contributed by atoms with Gasteiger partial charge in [0.1, 0.15) is 17.2 Å².